The van der Waals surface area contributed by atoms with E-state index in [0.29, 0.717) is 37.9 Å². The second-order valence-electron chi connectivity index (χ2n) is 22.0. The monoisotopic (exact) mass is 915 g/mol. The van der Waals surface area contributed by atoms with Crippen LogP contribution < -0.4 is 0 Å². The Kier molecular flexibility index (Phi) is 17.6. The lowest BCUT2D eigenvalue weighted by molar-refractivity contribution is -0.138. The molecule has 4 aliphatic carbocycles. The van der Waals surface area contributed by atoms with E-state index in [0.717, 1.165) is 18.3 Å². The van der Waals surface area contributed by atoms with Gasteiger partial charge in [0.1, 0.15) is 6.29 Å². The van der Waals surface area contributed by atoms with E-state index in [-0.39, 0.29) is 50.5 Å². The molecule has 0 amide bonds. The van der Waals surface area contributed by atoms with Crippen LogP contribution in [0.4, 0.5) is 0 Å². The van der Waals surface area contributed by atoms with E-state index in [1.165, 1.54) is 71.6 Å². The Labute approximate surface area is 393 Å². The van der Waals surface area contributed by atoms with Gasteiger partial charge >= 0.3 is 19.5 Å². The molecule has 2 saturated carbocycles. The fourth-order valence-corrected chi connectivity index (χ4v) is 11.5. The molecule has 2 fully saturated rings. The minimum atomic E-state index is -3.13. The first-order valence-corrected chi connectivity index (χ1v) is 25.9. The lowest BCUT2D eigenvalue weighted by atomic mass is 9.62. The highest BCUT2D eigenvalue weighted by atomic mass is 31.2. The summed E-state index contributed by atoms with van der Waals surface area (Å²) in [4.78, 5) is 33.8. The third kappa shape index (κ3) is 13.3. The zero-order chi connectivity index (χ0) is 48.8. The molecule has 2 aromatic carbocycles. The van der Waals surface area contributed by atoms with Crippen LogP contribution in [0, 0.1) is 11.8 Å². The van der Waals surface area contributed by atoms with Crippen molar-refractivity contribution in [3.8, 4) is 0 Å². The van der Waals surface area contributed by atoms with Gasteiger partial charge in [-0.05, 0) is 152 Å². The molecule has 6 rings (SSSR count). The largest absolute Gasteiger partial charge is 0.463 e. The molecule has 360 valence electrons. The summed E-state index contributed by atoms with van der Waals surface area (Å²) in [6, 6.07) is 14.2. The third-order valence-corrected chi connectivity index (χ3v) is 17.0. The van der Waals surface area contributed by atoms with Crippen LogP contribution >= 0.6 is 7.60 Å². The van der Waals surface area contributed by atoms with Crippen LogP contribution in [0.5, 0.6) is 0 Å². The molecule has 2 aromatic rings. The van der Waals surface area contributed by atoms with Crippen molar-refractivity contribution in [3.63, 3.8) is 0 Å². The van der Waals surface area contributed by atoms with E-state index in [4.69, 9.17) is 18.5 Å². The highest BCUT2D eigenvalue weighted by molar-refractivity contribution is 7.54. The van der Waals surface area contributed by atoms with Crippen molar-refractivity contribution in [1.29, 1.82) is 0 Å². The standard InChI is InChI=1S/C26H36O2.C19H26O.C11H21O5P/c1-8-28-23(27)15-18(2)9-10-20-17-26(20,7)19-11-12-21-22(16-19)25(5,6)14-13-24(21,3)4;1-17(2)8-9-18(3,4)16-10-13(6-7-15(16)17)19(5)11-14(19)12-20;1-5-14-11(12)8-10(4)9-17(13,15-6-2)16-7-3/h9-12,15-16,20H,8,13-14,17H2,1-7H3;6-7,10,12,14H,8-9,11H2,1-5H3;8H,5-7,9H2,1-4H3/b10-9+,18-15+;;10-8+/t20-,26-;14-,19+;/m10./s1. The average molecular weight is 915 g/mol. The normalized spacial score (nSPS) is 25.7. The van der Waals surface area contributed by atoms with Crippen LogP contribution in [0.25, 0.3) is 0 Å². The average Bonchev–Trinajstić information content (AvgIpc) is 4.11. The zero-order valence-electron chi connectivity index (χ0n) is 43.0. The van der Waals surface area contributed by atoms with Crippen LogP contribution in [0.2, 0.25) is 0 Å². The first kappa shape index (κ1) is 54.0. The molecular weight excluding hydrogens is 832 g/mol. The van der Waals surface area contributed by atoms with Crippen LogP contribution in [0.15, 0.2) is 71.8 Å². The van der Waals surface area contributed by atoms with Crippen molar-refractivity contribution in [3.05, 3.63) is 105 Å². The van der Waals surface area contributed by atoms with E-state index in [1.807, 2.05) is 13.8 Å². The molecule has 4 atom stereocenters. The van der Waals surface area contributed by atoms with Crippen LogP contribution in [-0.4, -0.2) is 50.8 Å². The number of fused-ring (bicyclic) bond motifs is 2. The molecule has 0 radical (unpaired) electrons. The van der Waals surface area contributed by atoms with Crippen LogP contribution in [0.3, 0.4) is 0 Å². The summed E-state index contributed by atoms with van der Waals surface area (Å²) >= 11 is 0. The van der Waals surface area contributed by atoms with Crippen molar-refractivity contribution in [2.45, 2.75) is 182 Å². The van der Waals surface area contributed by atoms with E-state index in [1.54, 1.807) is 33.8 Å². The highest BCUT2D eigenvalue weighted by Gasteiger charge is 2.52. The first-order chi connectivity index (χ1) is 30.2. The van der Waals surface area contributed by atoms with Crippen molar-refractivity contribution < 1.29 is 37.5 Å². The molecule has 0 aromatic heterocycles. The summed E-state index contributed by atoms with van der Waals surface area (Å²) in [6.45, 7) is 35.6. The number of rotatable bonds is 15. The van der Waals surface area contributed by atoms with Crippen molar-refractivity contribution >= 4 is 25.8 Å². The van der Waals surface area contributed by atoms with Gasteiger partial charge in [0.05, 0.1) is 32.6 Å². The summed E-state index contributed by atoms with van der Waals surface area (Å²) in [5.41, 5.74) is 11.8. The van der Waals surface area contributed by atoms with Gasteiger partial charge in [0.15, 0.2) is 0 Å². The summed E-state index contributed by atoms with van der Waals surface area (Å²) in [6.07, 6.45) is 15.6. The molecule has 0 saturated heterocycles. The number of carbonyl (C=O) groups is 3. The topological polar surface area (TPSA) is 105 Å². The highest BCUT2D eigenvalue weighted by Crippen LogP contribution is 2.57. The number of hydrogen-bond acceptors (Lipinski definition) is 8. The number of allylic oxidation sites excluding steroid dienone is 4. The maximum absolute atomic E-state index is 12.1. The van der Waals surface area contributed by atoms with Gasteiger partial charge in [-0.3, -0.25) is 4.57 Å². The molecule has 0 unspecified atom stereocenters. The number of hydrogen-bond donors (Lipinski definition) is 0. The fourth-order valence-electron chi connectivity index (χ4n) is 9.77. The summed E-state index contributed by atoms with van der Waals surface area (Å²) in [5, 5.41) is 0. The Bertz CT molecular complexity index is 2160. The van der Waals surface area contributed by atoms with Crippen molar-refractivity contribution in [2.75, 3.05) is 32.6 Å². The lowest BCUT2D eigenvalue weighted by Crippen LogP contribution is -2.34. The van der Waals surface area contributed by atoms with Crippen LogP contribution in [0.1, 0.15) is 183 Å². The van der Waals surface area contributed by atoms with Gasteiger partial charge in [-0.2, -0.15) is 0 Å². The van der Waals surface area contributed by atoms with Gasteiger partial charge in [0.2, 0.25) is 0 Å². The summed E-state index contributed by atoms with van der Waals surface area (Å²) in [5.74, 6) is 0.0448. The zero-order valence-corrected chi connectivity index (χ0v) is 43.9. The number of ether oxygens (including phenoxy) is 2. The molecule has 9 heteroatoms. The number of carbonyl (C=O) groups excluding carboxylic acids is 3. The van der Waals surface area contributed by atoms with E-state index >= 15 is 0 Å². The SMILES string of the molecule is CC1(C)CCC(C)(C)c2cc([C@@]3(C)C[C@H]3C=O)ccc21.CCOC(=O)/C=C(C)/C=C/[C@@H]1C[C@]1(C)c1ccc2c(c1)C(C)(C)CCC2(C)C.CCOC(=O)/C=C(\C)CP(=O)(OCC)OCC. The fraction of sp³-hybridized carbons (Fsp3) is 0.625. The predicted molar refractivity (Wildman–Crippen MR) is 266 cm³/mol. The minimum Gasteiger partial charge on any atom is -0.463 e. The quantitative estimate of drug-likeness (QED) is 0.0572. The predicted octanol–water partition coefficient (Wildman–Crippen LogP) is 13.7. The van der Waals surface area contributed by atoms with Gasteiger partial charge in [-0.25, -0.2) is 9.59 Å². The molecule has 0 N–H and O–H groups in total. The minimum absolute atomic E-state index is 0.0917. The van der Waals surface area contributed by atoms with Gasteiger partial charge in [0.25, 0.3) is 0 Å². The Morgan fingerprint density at radius 3 is 1.40 bits per heavy atom. The van der Waals surface area contributed by atoms with Crippen molar-refractivity contribution in [2.24, 2.45) is 11.8 Å². The van der Waals surface area contributed by atoms with E-state index in [9.17, 15) is 18.9 Å². The van der Waals surface area contributed by atoms with Crippen molar-refractivity contribution in [1.82, 2.24) is 0 Å². The van der Waals surface area contributed by atoms with Gasteiger partial charge in [-0.15, -0.1) is 0 Å². The molecule has 0 spiro atoms. The molecule has 65 heavy (non-hydrogen) atoms. The second kappa shape index (κ2) is 21.2. The van der Waals surface area contributed by atoms with Gasteiger partial charge < -0.3 is 23.3 Å². The number of esters is 2. The first-order valence-electron chi connectivity index (χ1n) is 24.2. The smallest absolute Gasteiger partial charge is 0.334 e. The molecule has 4 aliphatic rings. The lowest BCUT2D eigenvalue weighted by Gasteiger charge is -2.42. The Morgan fingerprint density at radius 1 is 0.600 bits per heavy atom. The number of aldehydes is 1. The Hall–Kier alpha value is -3.58. The molecular formula is C56H83O8P. The maximum Gasteiger partial charge on any atom is 0.334 e. The summed E-state index contributed by atoms with van der Waals surface area (Å²) < 4.78 is 32.1. The Balaban J connectivity index is 0.000000222. The van der Waals surface area contributed by atoms with Gasteiger partial charge in [0, 0.05) is 23.5 Å². The second-order valence-corrected chi connectivity index (χ2v) is 24.0. The molecule has 0 bridgehead atoms. The molecule has 0 aliphatic heterocycles. The molecule has 8 nitrogen and oxygen atoms in total. The van der Waals surface area contributed by atoms with E-state index in [2.05, 4.69) is 118 Å². The van der Waals surface area contributed by atoms with E-state index < -0.39 is 13.6 Å². The van der Waals surface area contributed by atoms with Gasteiger partial charge in [-0.1, -0.05) is 123 Å². The summed E-state index contributed by atoms with van der Waals surface area (Å²) in [7, 11) is -3.13. The maximum atomic E-state index is 12.1. The third-order valence-electron chi connectivity index (χ3n) is 14.8. The Morgan fingerprint density at radius 2 is 1.00 bits per heavy atom. The molecule has 0 heterocycles. The number of benzene rings is 2. The van der Waals surface area contributed by atoms with Crippen LogP contribution in [-0.2, 0) is 70.0 Å².